The maximum absolute atomic E-state index is 12.4. The van der Waals surface area contributed by atoms with Crippen LogP contribution in [0.4, 0.5) is 11.4 Å². The van der Waals surface area contributed by atoms with Crippen LogP contribution < -0.4 is 10.1 Å². The molecule has 2 aromatic carbocycles. The van der Waals surface area contributed by atoms with Crippen LogP contribution in [0.15, 0.2) is 65.0 Å². The average Bonchev–Trinajstić information content (AvgIpc) is 3.17. The number of hydrogen-bond acceptors (Lipinski definition) is 5. The predicted molar refractivity (Wildman–Crippen MR) is 114 cm³/mol. The molecule has 1 aliphatic rings. The van der Waals surface area contributed by atoms with Gasteiger partial charge in [0.05, 0.1) is 10.4 Å². The molecule has 0 spiro atoms. The predicted octanol–water partition coefficient (Wildman–Crippen LogP) is 5.52. The number of para-hydroxylation sites is 2. The summed E-state index contributed by atoms with van der Waals surface area (Å²) in [6.45, 7) is 4.23. The van der Waals surface area contributed by atoms with E-state index in [9.17, 15) is 4.79 Å². The number of rotatable bonds is 3. The van der Waals surface area contributed by atoms with Gasteiger partial charge in [-0.2, -0.15) is 0 Å². The minimum atomic E-state index is -0.122. The molecular formula is C22H21N3O2S. The highest BCUT2D eigenvalue weighted by atomic mass is 32.1. The summed E-state index contributed by atoms with van der Waals surface area (Å²) in [4.78, 5) is 20.1. The Morgan fingerprint density at radius 3 is 2.68 bits per heavy atom. The van der Waals surface area contributed by atoms with E-state index in [1.54, 1.807) is 0 Å². The number of ether oxygens (including phenoxy) is 1. The molecule has 0 radical (unpaired) electrons. The molecule has 2 heterocycles. The molecule has 0 fully saturated rings. The van der Waals surface area contributed by atoms with Gasteiger partial charge in [0.25, 0.3) is 5.91 Å². The van der Waals surface area contributed by atoms with Gasteiger partial charge in [0, 0.05) is 18.8 Å². The number of thiophene rings is 1. The number of nitrogens with one attached hydrogen (secondary N) is 1. The van der Waals surface area contributed by atoms with Crippen molar-refractivity contribution in [3.8, 4) is 11.5 Å². The molecule has 0 bridgehead atoms. The summed E-state index contributed by atoms with van der Waals surface area (Å²) in [6, 6.07) is 17.3. The number of fused-ring (bicyclic) bond motifs is 2. The van der Waals surface area contributed by atoms with Crippen molar-refractivity contribution in [2.45, 2.75) is 19.9 Å². The first-order chi connectivity index (χ1) is 13.5. The molecule has 0 saturated carbocycles. The van der Waals surface area contributed by atoms with E-state index in [1.807, 2.05) is 67.0 Å². The number of carbonyl (C=O) groups excluding carboxylic acids is 1. The second-order valence-electron chi connectivity index (χ2n) is 6.85. The number of carbonyl (C=O) groups is 1. The van der Waals surface area contributed by atoms with E-state index in [-0.39, 0.29) is 11.9 Å². The highest BCUT2D eigenvalue weighted by molar-refractivity contribution is 7.12. The van der Waals surface area contributed by atoms with Crippen molar-refractivity contribution >= 4 is 34.5 Å². The van der Waals surface area contributed by atoms with E-state index in [2.05, 4.69) is 24.1 Å². The number of aliphatic imine (C=N–C) groups is 1. The van der Waals surface area contributed by atoms with Crippen molar-refractivity contribution < 1.29 is 9.53 Å². The number of anilines is 1. The normalized spacial score (nSPS) is 12.4. The Labute approximate surface area is 168 Å². The molecule has 0 atom stereocenters. The maximum atomic E-state index is 12.4. The lowest BCUT2D eigenvalue weighted by molar-refractivity contribution is 0.103. The van der Waals surface area contributed by atoms with E-state index >= 15 is 0 Å². The van der Waals surface area contributed by atoms with Crippen molar-refractivity contribution in [3.05, 3.63) is 70.4 Å². The number of amides is 1. The minimum Gasteiger partial charge on any atom is -0.454 e. The van der Waals surface area contributed by atoms with E-state index < -0.39 is 0 Å². The van der Waals surface area contributed by atoms with Crippen molar-refractivity contribution in [2.75, 3.05) is 12.4 Å². The summed E-state index contributed by atoms with van der Waals surface area (Å²) in [6.07, 6.45) is 0. The van der Waals surface area contributed by atoms with Gasteiger partial charge < -0.3 is 15.0 Å². The number of hydrogen-bond donors (Lipinski definition) is 1. The fourth-order valence-corrected chi connectivity index (χ4v) is 3.53. The molecule has 0 aliphatic carbocycles. The molecule has 28 heavy (non-hydrogen) atoms. The molecule has 4 rings (SSSR count). The zero-order valence-corrected chi connectivity index (χ0v) is 16.8. The number of amidine groups is 1. The third-order valence-corrected chi connectivity index (χ3v) is 5.51. The van der Waals surface area contributed by atoms with E-state index in [4.69, 9.17) is 9.73 Å². The first kappa shape index (κ1) is 18.3. The summed E-state index contributed by atoms with van der Waals surface area (Å²) in [7, 11) is 2.01. The summed E-state index contributed by atoms with van der Waals surface area (Å²) < 4.78 is 6.14. The maximum Gasteiger partial charge on any atom is 0.265 e. The van der Waals surface area contributed by atoms with Gasteiger partial charge in [-0.1, -0.05) is 18.2 Å². The molecule has 1 N–H and O–H groups in total. The Kier molecular flexibility index (Phi) is 4.88. The van der Waals surface area contributed by atoms with Gasteiger partial charge in [-0.05, 0) is 55.6 Å². The molecule has 6 heteroatoms. The Balaban J connectivity index is 1.76. The van der Waals surface area contributed by atoms with Crippen molar-refractivity contribution in [1.82, 2.24) is 4.90 Å². The first-order valence-corrected chi connectivity index (χ1v) is 9.98. The van der Waals surface area contributed by atoms with Gasteiger partial charge in [-0.25, -0.2) is 4.99 Å². The minimum absolute atomic E-state index is 0.122. The zero-order valence-electron chi connectivity index (χ0n) is 16.0. The average molecular weight is 391 g/mol. The van der Waals surface area contributed by atoms with Crippen LogP contribution in [-0.4, -0.2) is 29.7 Å². The lowest BCUT2D eigenvalue weighted by Gasteiger charge is -2.26. The van der Waals surface area contributed by atoms with Crippen LogP contribution in [0.25, 0.3) is 0 Å². The first-order valence-electron chi connectivity index (χ1n) is 9.10. The molecule has 142 valence electrons. The van der Waals surface area contributed by atoms with Gasteiger partial charge in [0.15, 0.2) is 5.75 Å². The molecule has 3 aromatic rings. The summed E-state index contributed by atoms with van der Waals surface area (Å²) in [5.74, 6) is 2.11. The topological polar surface area (TPSA) is 53.9 Å². The largest absolute Gasteiger partial charge is 0.454 e. The van der Waals surface area contributed by atoms with Gasteiger partial charge in [-0.15, -0.1) is 11.3 Å². The Hall–Kier alpha value is -3.12. The van der Waals surface area contributed by atoms with Gasteiger partial charge in [0.1, 0.15) is 17.3 Å². The van der Waals surface area contributed by atoms with Crippen LogP contribution in [0.2, 0.25) is 0 Å². The molecule has 0 saturated heterocycles. The van der Waals surface area contributed by atoms with Crippen molar-refractivity contribution in [3.63, 3.8) is 0 Å². The molecule has 0 unspecified atom stereocenters. The van der Waals surface area contributed by atoms with Crippen molar-refractivity contribution in [2.24, 2.45) is 4.99 Å². The van der Waals surface area contributed by atoms with Gasteiger partial charge in [-0.3, -0.25) is 4.79 Å². The molecular weight excluding hydrogens is 370 g/mol. The second kappa shape index (κ2) is 7.48. The monoisotopic (exact) mass is 391 g/mol. The van der Waals surface area contributed by atoms with Crippen LogP contribution in [0.3, 0.4) is 0 Å². The third-order valence-electron chi connectivity index (χ3n) is 4.64. The number of benzene rings is 2. The molecule has 1 amide bonds. The van der Waals surface area contributed by atoms with Gasteiger partial charge in [0.2, 0.25) is 0 Å². The van der Waals surface area contributed by atoms with E-state index in [0.29, 0.717) is 22.1 Å². The zero-order chi connectivity index (χ0) is 19.7. The van der Waals surface area contributed by atoms with E-state index in [1.165, 1.54) is 11.3 Å². The van der Waals surface area contributed by atoms with Gasteiger partial charge >= 0.3 is 0 Å². The molecule has 1 aromatic heterocycles. The fourth-order valence-electron chi connectivity index (χ4n) is 2.91. The number of nitrogens with zero attached hydrogens (tertiary/aromatic N) is 2. The lowest BCUT2D eigenvalue weighted by Crippen LogP contribution is -2.33. The quantitative estimate of drug-likeness (QED) is 0.639. The van der Waals surface area contributed by atoms with Crippen LogP contribution in [0.1, 0.15) is 29.1 Å². The smallest absolute Gasteiger partial charge is 0.265 e. The van der Waals surface area contributed by atoms with Crippen LogP contribution in [-0.2, 0) is 0 Å². The lowest BCUT2D eigenvalue weighted by atomic mass is 10.1. The Bertz CT molecular complexity index is 1040. The Morgan fingerprint density at radius 2 is 1.93 bits per heavy atom. The summed E-state index contributed by atoms with van der Waals surface area (Å²) in [5.41, 5.74) is 2.33. The standard InChI is InChI=1S/C22H21N3O2S/c1-14(2)25(3)21-16-13-15(23-22(26)20-9-6-12-28-20)10-11-18(16)27-19-8-5-4-7-17(19)24-21/h4-14H,1-3H3,(H,23,26). The summed E-state index contributed by atoms with van der Waals surface area (Å²) in [5, 5.41) is 4.86. The molecule has 5 nitrogen and oxygen atoms in total. The van der Waals surface area contributed by atoms with Crippen LogP contribution in [0, 0.1) is 0 Å². The fraction of sp³-hybridized carbons (Fsp3) is 0.182. The van der Waals surface area contributed by atoms with E-state index in [0.717, 1.165) is 17.1 Å². The van der Waals surface area contributed by atoms with Crippen LogP contribution in [0.5, 0.6) is 11.5 Å². The Morgan fingerprint density at radius 1 is 1.11 bits per heavy atom. The highest BCUT2D eigenvalue weighted by Gasteiger charge is 2.23. The highest BCUT2D eigenvalue weighted by Crippen LogP contribution is 2.39. The summed E-state index contributed by atoms with van der Waals surface area (Å²) >= 11 is 1.41. The van der Waals surface area contributed by atoms with Crippen LogP contribution >= 0.6 is 11.3 Å². The second-order valence-corrected chi connectivity index (χ2v) is 7.80. The van der Waals surface area contributed by atoms with Crippen molar-refractivity contribution in [1.29, 1.82) is 0 Å². The molecule has 1 aliphatic heterocycles. The SMILES string of the molecule is CC(C)N(C)C1=Nc2ccccc2Oc2ccc(NC(=O)c3cccs3)cc21. The third kappa shape index (κ3) is 3.51.